The van der Waals surface area contributed by atoms with Gasteiger partial charge in [-0.1, -0.05) is 107 Å². The molecule has 204 valence electrons. The molecule has 41 heavy (non-hydrogen) atoms. The number of nitrogens with zero attached hydrogens (tertiary/aromatic N) is 1. The average Bonchev–Trinajstić information content (AvgIpc) is 3.55. The van der Waals surface area contributed by atoms with E-state index in [0.717, 1.165) is 21.2 Å². The predicted molar refractivity (Wildman–Crippen MR) is 161 cm³/mol. The van der Waals surface area contributed by atoms with Crippen LogP contribution < -0.4 is 5.56 Å². The molecule has 0 fully saturated rings. The SMILES string of the molecule is O=C(OCc1ccccc1)c1c(-c2ccccc2)c2cc(Br)ccc2c(=O)n1C(Cc1ccccc1)C1=COCO1. The van der Waals surface area contributed by atoms with Crippen LogP contribution in [0.25, 0.3) is 21.9 Å². The number of rotatable bonds is 8. The Morgan fingerprint density at radius 2 is 1.51 bits per heavy atom. The first-order valence-electron chi connectivity index (χ1n) is 13.2. The molecule has 0 saturated heterocycles. The number of pyridine rings is 1. The van der Waals surface area contributed by atoms with E-state index in [-0.39, 0.29) is 24.7 Å². The quantitative estimate of drug-likeness (QED) is 0.172. The molecule has 5 aromatic rings. The van der Waals surface area contributed by atoms with Gasteiger partial charge >= 0.3 is 5.97 Å². The Balaban J connectivity index is 1.63. The van der Waals surface area contributed by atoms with Gasteiger partial charge in [-0.15, -0.1) is 0 Å². The van der Waals surface area contributed by atoms with Gasteiger partial charge in [-0.2, -0.15) is 0 Å². The Bertz CT molecular complexity index is 1780. The number of fused-ring (bicyclic) bond motifs is 1. The van der Waals surface area contributed by atoms with E-state index in [4.69, 9.17) is 14.2 Å². The van der Waals surface area contributed by atoms with Gasteiger partial charge in [-0.05, 0) is 40.3 Å². The molecular weight excluding hydrogens is 582 g/mol. The fraction of sp³-hybridized carbons (Fsp3) is 0.118. The van der Waals surface area contributed by atoms with Crippen molar-refractivity contribution >= 4 is 32.7 Å². The molecule has 0 saturated carbocycles. The fourth-order valence-corrected chi connectivity index (χ4v) is 5.52. The van der Waals surface area contributed by atoms with Gasteiger partial charge in [0.2, 0.25) is 6.79 Å². The Morgan fingerprint density at radius 1 is 0.854 bits per heavy atom. The van der Waals surface area contributed by atoms with Crippen molar-refractivity contribution in [1.82, 2.24) is 4.57 Å². The lowest BCUT2D eigenvalue weighted by atomic mass is 9.95. The molecule has 0 amide bonds. The molecule has 0 N–H and O–H groups in total. The lowest BCUT2D eigenvalue weighted by Gasteiger charge is -2.26. The maximum atomic E-state index is 14.4. The molecule has 1 unspecified atom stereocenters. The van der Waals surface area contributed by atoms with Crippen LogP contribution in [0.1, 0.15) is 27.7 Å². The molecule has 1 aliphatic rings. The summed E-state index contributed by atoms with van der Waals surface area (Å²) in [5.41, 5.74) is 3.04. The number of ether oxygens (including phenoxy) is 3. The second-order valence-electron chi connectivity index (χ2n) is 9.67. The Kier molecular flexibility index (Phi) is 7.69. The predicted octanol–water partition coefficient (Wildman–Crippen LogP) is 7.42. The molecule has 0 bridgehead atoms. The molecule has 6 nitrogen and oxygen atoms in total. The summed E-state index contributed by atoms with van der Waals surface area (Å²) in [6.07, 6.45) is 1.91. The van der Waals surface area contributed by atoms with E-state index >= 15 is 0 Å². The zero-order valence-corrected chi connectivity index (χ0v) is 23.6. The molecular formula is C34H26BrNO5. The number of allylic oxidation sites excluding steroid dienone is 1. The number of carbonyl (C=O) groups excluding carboxylic acids is 1. The van der Waals surface area contributed by atoms with E-state index < -0.39 is 12.0 Å². The topological polar surface area (TPSA) is 66.8 Å². The first-order valence-corrected chi connectivity index (χ1v) is 14.0. The van der Waals surface area contributed by atoms with E-state index in [1.165, 1.54) is 10.8 Å². The van der Waals surface area contributed by atoms with Crippen LogP contribution in [-0.2, 0) is 27.2 Å². The van der Waals surface area contributed by atoms with Gasteiger partial charge in [-0.3, -0.25) is 9.36 Å². The van der Waals surface area contributed by atoms with Crippen molar-refractivity contribution in [2.75, 3.05) is 6.79 Å². The van der Waals surface area contributed by atoms with Crippen molar-refractivity contribution in [2.45, 2.75) is 19.1 Å². The number of esters is 1. The maximum Gasteiger partial charge on any atom is 0.356 e. The van der Waals surface area contributed by atoms with Gasteiger partial charge in [-0.25, -0.2) is 4.79 Å². The number of aromatic nitrogens is 1. The van der Waals surface area contributed by atoms with E-state index in [2.05, 4.69) is 15.9 Å². The number of benzene rings is 4. The number of hydrogen-bond donors (Lipinski definition) is 0. The largest absolute Gasteiger partial charge is 0.462 e. The van der Waals surface area contributed by atoms with Crippen molar-refractivity contribution in [3.05, 3.63) is 153 Å². The normalized spacial score (nSPS) is 13.2. The second-order valence-corrected chi connectivity index (χ2v) is 10.6. The molecule has 1 aromatic heterocycles. The van der Waals surface area contributed by atoms with Crippen LogP contribution in [0.4, 0.5) is 0 Å². The van der Waals surface area contributed by atoms with Crippen LogP contribution in [0.5, 0.6) is 0 Å². The summed E-state index contributed by atoms with van der Waals surface area (Å²) in [5.74, 6) is -0.146. The molecule has 0 radical (unpaired) electrons. The summed E-state index contributed by atoms with van der Waals surface area (Å²) >= 11 is 3.56. The Hall–Kier alpha value is -4.62. The van der Waals surface area contributed by atoms with Crippen molar-refractivity contribution in [2.24, 2.45) is 0 Å². The highest BCUT2D eigenvalue weighted by atomic mass is 79.9. The molecule has 1 aliphatic heterocycles. The molecule has 4 aromatic carbocycles. The zero-order chi connectivity index (χ0) is 28.2. The summed E-state index contributed by atoms with van der Waals surface area (Å²) in [5, 5.41) is 1.12. The highest BCUT2D eigenvalue weighted by molar-refractivity contribution is 9.10. The molecule has 7 heteroatoms. The number of carbonyl (C=O) groups is 1. The van der Waals surface area contributed by atoms with Crippen molar-refractivity contribution in [3.63, 3.8) is 0 Å². The molecule has 2 heterocycles. The molecule has 0 spiro atoms. The first-order chi connectivity index (χ1) is 20.1. The molecule has 6 rings (SSSR count). The van der Waals surface area contributed by atoms with Gasteiger partial charge in [0.15, 0.2) is 5.76 Å². The monoisotopic (exact) mass is 607 g/mol. The van der Waals surface area contributed by atoms with E-state index in [0.29, 0.717) is 28.5 Å². The van der Waals surface area contributed by atoms with Gasteiger partial charge < -0.3 is 14.2 Å². The van der Waals surface area contributed by atoms with E-state index in [1.54, 1.807) is 6.07 Å². The van der Waals surface area contributed by atoms with E-state index in [9.17, 15) is 9.59 Å². The standard InChI is InChI=1S/C34H26BrNO5/c35-26-16-17-27-28(19-26)31(25-14-8-3-9-15-25)32(34(38)40-20-24-12-6-2-7-13-24)36(33(27)37)29(30-21-39-22-41-30)18-23-10-4-1-5-11-23/h1-17,19,21,29H,18,20,22H2. The average molecular weight is 608 g/mol. The minimum atomic E-state index is -0.665. The summed E-state index contributed by atoms with van der Waals surface area (Å²) in [6.45, 7) is 0.0967. The smallest absolute Gasteiger partial charge is 0.356 e. The Labute approximate surface area is 245 Å². The van der Waals surface area contributed by atoms with Crippen molar-refractivity contribution < 1.29 is 19.0 Å². The second kappa shape index (κ2) is 11.9. The molecule has 1 atom stereocenters. The van der Waals surface area contributed by atoms with Crippen LogP contribution in [-0.4, -0.2) is 17.3 Å². The highest BCUT2D eigenvalue weighted by Gasteiger charge is 2.32. The van der Waals surface area contributed by atoms with Gasteiger partial charge in [0, 0.05) is 21.8 Å². The minimum Gasteiger partial charge on any atom is -0.462 e. The summed E-state index contributed by atoms with van der Waals surface area (Å²) in [4.78, 5) is 28.6. The van der Waals surface area contributed by atoms with Crippen LogP contribution in [0.3, 0.4) is 0 Å². The third-order valence-electron chi connectivity index (χ3n) is 7.05. The summed E-state index contributed by atoms with van der Waals surface area (Å²) in [6, 6.07) is 33.7. The van der Waals surface area contributed by atoms with Crippen molar-refractivity contribution in [1.29, 1.82) is 0 Å². The van der Waals surface area contributed by atoms with Crippen LogP contribution in [0.2, 0.25) is 0 Å². The third kappa shape index (κ3) is 5.54. The van der Waals surface area contributed by atoms with Crippen LogP contribution >= 0.6 is 15.9 Å². The fourth-order valence-electron chi connectivity index (χ4n) is 5.16. The van der Waals surface area contributed by atoms with Gasteiger partial charge in [0.05, 0.1) is 0 Å². The maximum absolute atomic E-state index is 14.4. The Morgan fingerprint density at radius 3 is 2.17 bits per heavy atom. The number of halogens is 1. The zero-order valence-electron chi connectivity index (χ0n) is 22.0. The highest BCUT2D eigenvalue weighted by Crippen LogP contribution is 2.36. The molecule has 0 aliphatic carbocycles. The third-order valence-corrected chi connectivity index (χ3v) is 7.54. The van der Waals surface area contributed by atoms with Crippen molar-refractivity contribution in [3.8, 4) is 11.1 Å². The summed E-state index contributed by atoms with van der Waals surface area (Å²) in [7, 11) is 0. The van der Waals surface area contributed by atoms with Gasteiger partial charge in [0.25, 0.3) is 5.56 Å². The van der Waals surface area contributed by atoms with Crippen LogP contribution in [0, 0.1) is 0 Å². The van der Waals surface area contributed by atoms with E-state index in [1.807, 2.05) is 103 Å². The lowest BCUT2D eigenvalue weighted by molar-refractivity contribution is 0.0452. The first kappa shape index (κ1) is 26.6. The van der Waals surface area contributed by atoms with Gasteiger partial charge in [0.1, 0.15) is 24.6 Å². The lowest BCUT2D eigenvalue weighted by Crippen LogP contribution is -2.34. The van der Waals surface area contributed by atoms with Crippen LogP contribution in [0.15, 0.2) is 130 Å². The minimum absolute atomic E-state index is 0.0369. The summed E-state index contributed by atoms with van der Waals surface area (Å²) < 4.78 is 19.5. The number of hydrogen-bond acceptors (Lipinski definition) is 5.